The predicted octanol–water partition coefficient (Wildman–Crippen LogP) is 5.65. The summed E-state index contributed by atoms with van der Waals surface area (Å²) in [6, 6.07) is 22.4. The molecule has 1 heterocycles. The van der Waals surface area contributed by atoms with Crippen molar-refractivity contribution in [3.8, 4) is 0 Å². The number of nitrogens with zero attached hydrogens (tertiary/aromatic N) is 2. The van der Waals surface area contributed by atoms with Gasteiger partial charge in [0.05, 0.1) is 12.2 Å². The smallest absolute Gasteiger partial charge is 0.327 e. The molecule has 4 rings (SSSR count). The van der Waals surface area contributed by atoms with E-state index in [1.165, 1.54) is 11.0 Å². The first-order chi connectivity index (χ1) is 16.0. The van der Waals surface area contributed by atoms with Crippen LogP contribution in [0.15, 0.2) is 83.3 Å². The molecule has 0 aromatic heterocycles. The van der Waals surface area contributed by atoms with Crippen molar-refractivity contribution in [3.63, 3.8) is 0 Å². The molecule has 1 aliphatic heterocycles. The van der Waals surface area contributed by atoms with E-state index in [-0.39, 0.29) is 21.9 Å². The second kappa shape index (κ2) is 10.6. The number of likely N-dealkylation sites (tertiary alicyclic amines) is 1. The van der Waals surface area contributed by atoms with Gasteiger partial charge < -0.3 is 9.80 Å². The van der Waals surface area contributed by atoms with Crippen LogP contribution in [-0.4, -0.2) is 29.3 Å². The Balaban J connectivity index is 1.71. The summed E-state index contributed by atoms with van der Waals surface area (Å²) >= 11 is -0.452. The summed E-state index contributed by atoms with van der Waals surface area (Å²) < 4.78 is 25.2. The van der Waals surface area contributed by atoms with Crippen molar-refractivity contribution >= 4 is 53.2 Å². The van der Waals surface area contributed by atoms with Crippen LogP contribution in [0, 0.1) is 3.57 Å². The monoisotopic (exact) mass is 620 g/mol. The molecule has 0 spiro atoms. The van der Waals surface area contributed by atoms with Crippen molar-refractivity contribution in [2.45, 2.75) is 25.4 Å². The molecule has 1 atom stereocenters. The molecule has 1 aliphatic rings. The van der Waals surface area contributed by atoms with E-state index in [4.69, 9.17) is 0 Å². The molecule has 3 aromatic carbocycles. The van der Waals surface area contributed by atoms with Gasteiger partial charge in [0, 0.05) is 16.6 Å². The van der Waals surface area contributed by atoms with Gasteiger partial charge in [-0.2, -0.15) is 0 Å². The number of benzene rings is 3. The fourth-order valence-corrected chi connectivity index (χ4v) is 5.74. The van der Waals surface area contributed by atoms with Crippen molar-refractivity contribution in [2.24, 2.45) is 0 Å². The number of para-hydroxylation sites is 1. The molecule has 170 valence electrons. The van der Waals surface area contributed by atoms with Crippen molar-refractivity contribution in [1.82, 2.24) is 4.90 Å². The topological polar surface area (TPSA) is 74.8 Å². The van der Waals surface area contributed by atoms with E-state index >= 15 is 0 Å². The number of rotatable bonds is 6. The normalized spacial score (nSPS) is 15.6. The largest absolute Gasteiger partial charge is 0.342 e. The maximum Gasteiger partial charge on any atom is 0.342 e. The fraction of sp³-hybridized carbons (Fsp3) is 0.200. The van der Waals surface area contributed by atoms with Crippen LogP contribution >= 0.6 is 35.7 Å². The fourth-order valence-electron chi connectivity index (χ4n) is 4.05. The molecule has 1 saturated heterocycles. The maximum absolute atomic E-state index is 13.9. The summed E-state index contributed by atoms with van der Waals surface area (Å²) in [4.78, 5) is 30.1. The molecular formula is C25H22BrIN2O4. The first kappa shape index (κ1) is 23.6. The van der Waals surface area contributed by atoms with Crippen LogP contribution in [0.1, 0.15) is 28.8 Å². The van der Waals surface area contributed by atoms with Crippen molar-refractivity contribution < 1.29 is 15.7 Å². The Morgan fingerprint density at radius 3 is 2.30 bits per heavy atom. The molecule has 3 aromatic rings. The van der Waals surface area contributed by atoms with E-state index in [0.29, 0.717) is 30.6 Å². The maximum atomic E-state index is 13.9. The molecule has 1 fully saturated rings. The Morgan fingerprint density at radius 2 is 1.61 bits per heavy atom. The lowest BCUT2D eigenvalue weighted by Crippen LogP contribution is -2.48. The molecule has 0 bridgehead atoms. The van der Waals surface area contributed by atoms with Gasteiger partial charge in [0.25, 0.3) is 5.91 Å². The Bertz CT molecular complexity index is 1220. The lowest BCUT2D eigenvalue weighted by molar-refractivity contribution is -0.122. The molecule has 0 aliphatic carbocycles. The van der Waals surface area contributed by atoms with Gasteiger partial charge in [-0.15, -0.1) is 0 Å². The number of carbonyl (C=O) groups is 2. The summed E-state index contributed by atoms with van der Waals surface area (Å²) in [7, 11) is 0. The highest BCUT2D eigenvalue weighted by Gasteiger charge is 2.38. The van der Waals surface area contributed by atoms with Crippen LogP contribution in [0.3, 0.4) is 0 Å². The molecule has 6 nitrogen and oxygen atoms in total. The van der Waals surface area contributed by atoms with Crippen molar-refractivity contribution in [2.75, 3.05) is 11.4 Å². The van der Waals surface area contributed by atoms with Gasteiger partial charge in [-0.05, 0) is 54.8 Å². The molecule has 0 saturated carbocycles. The number of anilines is 1. The summed E-state index contributed by atoms with van der Waals surface area (Å²) in [5.74, 6) is -0.464. The Hall–Kier alpha value is -2.59. The molecular weight excluding hydrogens is 599 g/mol. The van der Waals surface area contributed by atoms with Crippen LogP contribution in [-0.2, 0) is 17.5 Å². The Morgan fingerprint density at radius 1 is 0.939 bits per heavy atom. The third-order valence-electron chi connectivity index (χ3n) is 5.65. The summed E-state index contributed by atoms with van der Waals surface area (Å²) in [5, 5.41) is 0. The van der Waals surface area contributed by atoms with E-state index in [1.54, 1.807) is 47.4 Å². The van der Waals surface area contributed by atoms with E-state index in [0.717, 1.165) is 10.0 Å². The van der Waals surface area contributed by atoms with Gasteiger partial charge >= 0.3 is 19.8 Å². The van der Waals surface area contributed by atoms with Gasteiger partial charge in [-0.3, -0.25) is 9.59 Å². The van der Waals surface area contributed by atoms with Gasteiger partial charge in [0.1, 0.15) is 9.61 Å². The molecule has 2 amide bonds. The summed E-state index contributed by atoms with van der Waals surface area (Å²) in [6.45, 7) is 0.691. The van der Waals surface area contributed by atoms with Crippen LogP contribution in [0.5, 0.6) is 0 Å². The zero-order valence-electron chi connectivity index (χ0n) is 17.7. The molecule has 33 heavy (non-hydrogen) atoms. The second-order valence-corrected chi connectivity index (χ2v) is 11.1. The lowest BCUT2D eigenvalue weighted by Gasteiger charge is -2.31. The zero-order valence-corrected chi connectivity index (χ0v) is 21.4. The number of carbonyl (C=O) groups excluding carboxylic acids is 2. The average Bonchev–Trinajstić information content (AvgIpc) is 3.33. The highest BCUT2D eigenvalue weighted by atomic mass is 127. The first-order valence-electron chi connectivity index (χ1n) is 10.5. The van der Waals surface area contributed by atoms with Crippen LogP contribution in [0.4, 0.5) is 5.69 Å². The third kappa shape index (κ3) is 5.33. The second-order valence-electron chi connectivity index (χ2n) is 7.74. The van der Waals surface area contributed by atoms with Gasteiger partial charge in [0.15, 0.2) is 0 Å². The third-order valence-corrected chi connectivity index (χ3v) is 8.04. The first-order valence-corrected chi connectivity index (χ1v) is 14.1. The lowest BCUT2D eigenvalue weighted by atomic mass is 10.1. The van der Waals surface area contributed by atoms with Crippen LogP contribution in [0.25, 0.3) is 0 Å². The van der Waals surface area contributed by atoms with Crippen molar-refractivity contribution in [1.29, 1.82) is 0 Å². The predicted molar refractivity (Wildman–Crippen MR) is 136 cm³/mol. The number of halogens is 2. The highest BCUT2D eigenvalue weighted by molar-refractivity contribution is 14.2. The quantitative estimate of drug-likeness (QED) is 0.334. The Labute approximate surface area is 207 Å². The highest BCUT2D eigenvalue weighted by Crippen LogP contribution is 2.32. The van der Waals surface area contributed by atoms with E-state index in [1.807, 2.05) is 30.3 Å². The summed E-state index contributed by atoms with van der Waals surface area (Å²) in [6.07, 6.45) is 1.25. The van der Waals surface area contributed by atoms with E-state index < -0.39 is 25.8 Å². The van der Waals surface area contributed by atoms with Gasteiger partial charge in [-0.25, -0.2) is 6.14 Å². The van der Waals surface area contributed by atoms with Crippen LogP contribution < -0.4 is 4.90 Å². The SMILES string of the molecule is O=C([C@@H]1CCCN1C(=O)c1ccccc1)N(Cc1ccc(Br)cc1)c1ccccc1I(=O)=O. The molecule has 0 N–H and O–H groups in total. The standard InChI is InChI=1S/C25H22BrIN2O4/c26-20-14-12-18(13-15-20)17-29(22-10-5-4-9-21(22)27(32)33)25(31)23-11-6-16-28(23)24(30)19-7-2-1-3-8-19/h1-5,7-10,12-15,23H,6,11,16-17H2/t23-/m0/s1. The van der Waals surface area contributed by atoms with Crippen molar-refractivity contribution in [3.05, 3.63) is 98.0 Å². The zero-order chi connectivity index (χ0) is 23.4. The van der Waals surface area contributed by atoms with Gasteiger partial charge in [-0.1, -0.05) is 58.4 Å². The van der Waals surface area contributed by atoms with E-state index in [9.17, 15) is 15.7 Å². The van der Waals surface area contributed by atoms with Gasteiger partial charge in [0.2, 0.25) is 5.91 Å². The minimum Gasteiger partial charge on any atom is -0.327 e. The average molecular weight is 621 g/mol. The Kier molecular flexibility index (Phi) is 7.54. The van der Waals surface area contributed by atoms with E-state index in [2.05, 4.69) is 15.9 Å². The van der Waals surface area contributed by atoms with Crippen LogP contribution in [0.2, 0.25) is 0 Å². The minimum atomic E-state index is -3.87. The number of hydrogen-bond acceptors (Lipinski definition) is 4. The number of hydrogen-bond donors (Lipinski definition) is 0. The minimum absolute atomic E-state index is 0.172. The molecule has 0 radical (unpaired) electrons. The molecule has 8 heteroatoms. The number of amides is 2. The summed E-state index contributed by atoms with van der Waals surface area (Å²) in [5.41, 5.74) is 1.75. The molecule has 0 unspecified atom stereocenters.